The van der Waals surface area contributed by atoms with Crippen LogP contribution in [0.1, 0.15) is 35.1 Å². The van der Waals surface area contributed by atoms with Gasteiger partial charge in [-0.2, -0.15) is 17.7 Å². The van der Waals surface area contributed by atoms with Crippen molar-refractivity contribution in [3.05, 3.63) is 116 Å². The van der Waals surface area contributed by atoms with Crippen molar-refractivity contribution >= 4 is 53.4 Å². The van der Waals surface area contributed by atoms with Crippen LogP contribution < -0.4 is 16.4 Å². The van der Waals surface area contributed by atoms with E-state index in [0.29, 0.717) is 22.5 Å². The SMILES string of the molecule is CS.NC(=O)CCn1c(N2CC3(CCc4ccccc43)C(c3ccc(Cl)cc3)=N2)nn(Cc2ccc(Cl)cc2)c1=O. The zero-order valence-electron chi connectivity index (χ0n) is 22.5. The molecular weight excluding hydrogens is 579 g/mol. The molecular formula is C30H30Cl2N6O2S. The Morgan fingerprint density at radius 3 is 2.34 bits per heavy atom. The third-order valence-electron chi connectivity index (χ3n) is 7.53. The Labute approximate surface area is 253 Å². The van der Waals surface area contributed by atoms with Gasteiger partial charge < -0.3 is 5.73 Å². The lowest BCUT2D eigenvalue weighted by Gasteiger charge is -2.27. The smallest absolute Gasteiger partial charge is 0.347 e. The van der Waals surface area contributed by atoms with Crippen molar-refractivity contribution in [2.75, 3.05) is 17.8 Å². The van der Waals surface area contributed by atoms with Gasteiger partial charge in [0.05, 0.1) is 24.2 Å². The molecule has 2 aliphatic rings. The average molecular weight is 610 g/mol. The minimum atomic E-state index is -0.494. The van der Waals surface area contributed by atoms with Crippen LogP contribution in [0.25, 0.3) is 0 Å². The van der Waals surface area contributed by atoms with Gasteiger partial charge in [-0.1, -0.05) is 71.7 Å². The molecule has 2 N–H and O–H groups in total. The largest absolute Gasteiger partial charge is 0.370 e. The first kappa shape index (κ1) is 29.0. The van der Waals surface area contributed by atoms with Crippen LogP contribution in [0.5, 0.6) is 0 Å². The number of nitrogens with two attached hydrogens (primary N) is 1. The third-order valence-corrected chi connectivity index (χ3v) is 8.03. The molecule has 2 heterocycles. The molecule has 8 nitrogen and oxygen atoms in total. The normalized spacial score (nSPS) is 17.3. The molecule has 3 aromatic carbocycles. The molecule has 1 unspecified atom stereocenters. The van der Waals surface area contributed by atoms with Crippen molar-refractivity contribution in [1.82, 2.24) is 14.3 Å². The minimum Gasteiger partial charge on any atom is -0.370 e. The summed E-state index contributed by atoms with van der Waals surface area (Å²) >= 11 is 15.8. The van der Waals surface area contributed by atoms with Crippen molar-refractivity contribution in [3.63, 3.8) is 0 Å². The van der Waals surface area contributed by atoms with E-state index in [4.69, 9.17) is 39.1 Å². The molecule has 1 atom stereocenters. The first-order valence-electron chi connectivity index (χ1n) is 13.2. The highest BCUT2D eigenvalue weighted by Crippen LogP contribution is 2.46. The maximum atomic E-state index is 13.5. The Balaban J connectivity index is 0.00000165. The number of hydrazone groups is 1. The van der Waals surface area contributed by atoms with E-state index in [9.17, 15) is 9.59 Å². The van der Waals surface area contributed by atoms with Gasteiger partial charge in [-0.15, -0.1) is 5.10 Å². The molecule has 0 radical (unpaired) electrons. The van der Waals surface area contributed by atoms with Gasteiger partial charge in [-0.05, 0) is 65.6 Å². The van der Waals surface area contributed by atoms with Crippen molar-refractivity contribution in [3.8, 4) is 0 Å². The van der Waals surface area contributed by atoms with E-state index < -0.39 is 5.91 Å². The summed E-state index contributed by atoms with van der Waals surface area (Å²) < 4.78 is 2.88. The monoisotopic (exact) mass is 608 g/mol. The van der Waals surface area contributed by atoms with Gasteiger partial charge in [-0.25, -0.2) is 14.5 Å². The number of hydrogen-bond donors (Lipinski definition) is 2. The predicted molar refractivity (Wildman–Crippen MR) is 168 cm³/mol. The fourth-order valence-electron chi connectivity index (χ4n) is 5.64. The van der Waals surface area contributed by atoms with Crippen LogP contribution in [0.3, 0.4) is 0 Å². The zero-order valence-corrected chi connectivity index (χ0v) is 24.9. The second-order valence-corrected chi connectivity index (χ2v) is 10.9. The summed E-state index contributed by atoms with van der Waals surface area (Å²) in [5.74, 6) is -0.116. The minimum absolute atomic E-state index is 0.00904. The Kier molecular flexibility index (Phi) is 8.58. The Hall–Kier alpha value is -3.53. The molecule has 1 aliphatic heterocycles. The number of aryl methyl sites for hydroxylation is 1. The summed E-state index contributed by atoms with van der Waals surface area (Å²) in [5.41, 5.74) is 10.0. The highest BCUT2D eigenvalue weighted by Gasteiger charge is 2.49. The number of aromatic nitrogens is 3. The molecule has 0 saturated heterocycles. The lowest BCUT2D eigenvalue weighted by Crippen LogP contribution is -2.37. The quantitative estimate of drug-likeness (QED) is 0.291. The summed E-state index contributed by atoms with van der Waals surface area (Å²) in [7, 11) is 0. The predicted octanol–water partition coefficient (Wildman–Crippen LogP) is 4.93. The molecule has 1 aliphatic carbocycles. The highest BCUT2D eigenvalue weighted by atomic mass is 35.5. The highest BCUT2D eigenvalue weighted by molar-refractivity contribution is 7.79. The number of halogens is 2. The van der Waals surface area contributed by atoms with Crippen molar-refractivity contribution in [1.29, 1.82) is 0 Å². The van der Waals surface area contributed by atoms with E-state index in [2.05, 4.69) is 36.9 Å². The standard InChI is InChI=1S/C29H26Cl2N6O2.CH4S/c30-22-9-5-19(6-10-22)17-36-28(39)35(16-14-25(32)38)27(34-36)37-18-29(15-13-20-3-1-2-4-24(20)29)26(33-37)21-7-11-23(31)12-8-21;1-2/h1-12H,13-18H2,(H2,32,38);2H,1H3. The number of primary amides is 1. The van der Waals surface area contributed by atoms with Crippen LogP contribution in [0.4, 0.5) is 5.95 Å². The second-order valence-electron chi connectivity index (χ2n) is 9.99. The molecule has 11 heteroatoms. The first-order valence-corrected chi connectivity index (χ1v) is 14.9. The molecule has 0 bridgehead atoms. The molecule has 1 spiro atoms. The number of nitrogens with zero attached hydrogens (tertiary/aromatic N) is 5. The van der Waals surface area contributed by atoms with Crippen LogP contribution in [0.15, 0.2) is 82.7 Å². The third kappa shape index (κ3) is 5.66. The van der Waals surface area contributed by atoms with Crippen LogP contribution in [0.2, 0.25) is 10.0 Å². The van der Waals surface area contributed by atoms with E-state index >= 15 is 0 Å². The first-order chi connectivity index (χ1) is 19.8. The van der Waals surface area contributed by atoms with Crippen molar-refractivity contribution < 1.29 is 4.79 Å². The van der Waals surface area contributed by atoms with E-state index in [1.54, 1.807) is 23.4 Å². The van der Waals surface area contributed by atoms with Gasteiger partial charge in [0.15, 0.2) is 0 Å². The van der Waals surface area contributed by atoms with Gasteiger partial charge >= 0.3 is 5.69 Å². The fraction of sp³-hybridized carbons (Fsp3) is 0.267. The second kappa shape index (κ2) is 12.1. The summed E-state index contributed by atoms with van der Waals surface area (Å²) in [4.78, 5) is 25.2. The van der Waals surface area contributed by atoms with Gasteiger partial charge in [0.25, 0.3) is 0 Å². The van der Waals surface area contributed by atoms with Crippen LogP contribution >= 0.6 is 35.8 Å². The number of benzene rings is 3. The molecule has 0 saturated carbocycles. The number of hydrogen-bond acceptors (Lipinski definition) is 6. The fourth-order valence-corrected chi connectivity index (χ4v) is 5.89. The van der Waals surface area contributed by atoms with E-state index in [1.807, 2.05) is 36.4 Å². The number of amides is 1. The van der Waals surface area contributed by atoms with Gasteiger partial charge in [0.1, 0.15) is 0 Å². The summed E-state index contributed by atoms with van der Waals surface area (Å²) in [6.45, 7) is 0.869. The van der Waals surface area contributed by atoms with Gasteiger partial charge in [-0.3, -0.25) is 9.36 Å². The molecule has 0 fully saturated rings. The topological polar surface area (TPSA) is 98.5 Å². The van der Waals surface area contributed by atoms with E-state index in [-0.39, 0.29) is 30.6 Å². The van der Waals surface area contributed by atoms with Crippen molar-refractivity contribution in [2.45, 2.75) is 37.8 Å². The molecule has 4 aromatic rings. The number of thiol groups is 1. The van der Waals surface area contributed by atoms with Gasteiger partial charge in [0, 0.05) is 23.0 Å². The Bertz CT molecular complexity index is 1650. The molecule has 1 aromatic heterocycles. The zero-order chi connectivity index (χ0) is 29.1. The number of carbonyl (C=O) groups excluding carboxylic acids is 1. The molecule has 41 heavy (non-hydrogen) atoms. The Morgan fingerprint density at radius 1 is 1.00 bits per heavy atom. The lowest BCUT2D eigenvalue weighted by atomic mass is 9.75. The maximum Gasteiger partial charge on any atom is 0.347 e. The number of rotatable bonds is 7. The summed E-state index contributed by atoms with van der Waals surface area (Å²) in [6, 6.07) is 23.4. The van der Waals surface area contributed by atoms with E-state index in [0.717, 1.165) is 29.7 Å². The maximum absolute atomic E-state index is 13.5. The molecule has 6 rings (SSSR count). The lowest BCUT2D eigenvalue weighted by molar-refractivity contribution is -0.118. The van der Waals surface area contributed by atoms with Gasteiger partial charge in [0.2, 0.25) is 11.9 Å². The van der Waals surface area contributed by atoms with E-state index in [1.165, 1.54) is 20.4 Å². The molecule has 212 valence electrons. The van der Waals surface area contributed by atoms with Crippen molar-refractivity contribution in [2.24, 2.45) is 10.8 Å². The summed E-state index contributed by atoms with van der Waals surface area (Å²) in [6.07, 6.45) is 3.51. The van der Waals surface area contributed by atoms with Crippen LogP contribution in [-0.4, -0.2) is 38.8 Å². The number of carbonyl (C=O) groups is 1. The Morgan fingerprint density at radius 2 is 1.66 bits per heavy atom. The average Bonchev–Trinajstić information content (AvgIpc) is 3.65. The molecule has 1 amide bonds. The van der Waals surface area contributed by atoms with Crippen LogP contribution in [0, 0.1) is 0 Å². The summed E-state index contributed by atoms with van der Waals surface area (Å²) in [5, 5.41) is 12.9. The number of anilines is 1. The van der Waals surface area contributed by atoms with Crippen LogP contribution in [-0.2, 0) is 29.7 Å². The number of fused-ring (bicyclic) bond motifs is 2.